The molecule has 4 rings (SSSR count). The van der Waals surface area contributed by atoms with Crippen LogP contribution in [0.5, 0.6) is 0 Å². The Labute approximate surface area is 138 Å². The number of rotatable bonds is 3. The Hall–Kier alpha value is -1.43. The molecule has 2 aliphatic heterocycles. The maximum atomic E-state index is 12.4. The van der Waals surface area contributed by atoms with Gasteiger partial charge in [0.05, 0.1) is 4.88 Å². The summed E-state index contributed by atoms with van der Waals surface area (Å²) in [5.74, 6) is 0.559. The van der Waals surface area contributed by atoms with Crippen molar-refractivity contribution in [1.82, 2.24) is 15.2 Å². The standard InChI is InChI=1S/C16H16ClN3OS/c17-12-3-1-10(2-4-12)14-7-18-16(22-14)15(21)19-13-9-20-6-5-11(13)8-20/h1-4,7,11,13H,5-6,8-9H2,(H,19,21)/t11-,13?/m0/s1. The van der Waals surface area contributed by atoms with E-state index in [0.717, 1.165) is 23.5 Å². The van der Waals surface area contributed by atoms with Crippen molar-refractivity contribution in [3.05, 3.63) is 40.5 Å². The lowest BCUT2D eigenvalue weighted by atomic mass is 10.0. The van der Waals surface area contributed by atoms with Gasteiger partial charge in [0.2, 0.25) is 0 Å². The van der Waals surface area contributed by atoms with Crippen LogP contribution < -0.4 is 5.32 Å². The van der Waals surface area contributed by atoms with Gasteiger partial charge in [0, 0.05) is 30.4 Å². The van der Waals surface area contributed by atoms with E-state index in [1.807, 2.05) is 24.3 Å². The van der Waals surface area contributed by atoms with Crippen LogP contribution in [0.1, 0.15) is 16.2 Å². The second-order valence-electron chi connectivity index (χ2n) is 5.92. The molecule has 2 bridgehead atoms. The molecular formula is C16H16ClN3OS. The quantitative estimate of drug-likeness (QED) is 0.939. The second-order valence-corrected chi connectivity index (χ2v) is 7.39. The van der Waals surface area contributed by atoms with Gasteiger partial charge in [0.1, 0.15) is 0 Å². The highest BCUT2D eigenvalue weighted by Crippen LogP contribution is 2.29. The monoisotopic (exact) mass is 333 g/mol. The van der Waals surface area contributed by atoms with Gasteiger partial charge in [-0.15, -0.1) is 11.3 Å². The number of carbonyl (C=O) groups excluding carboxylic acids is 1. The van der Waals surface area contributed by atoms with E-state index in [0.29, 0.717) is 15.9 Å². The minimum atomic E-state index is -0.0519. The summed E-state index contributed by atoms with van der Waals surface area (Å²) in [6.45, 7) is 3.28. The van der Waals surface area contributed by atoms with Gasteiger partial charge >= 0.3 is 0 Å². The molecule has 22 heavy (non-hydrogen) atoms. The molecule has 2 saturated heterocycles. The molecule has 114 valence electrons. The van der Waals surface area contributed by atoms with E-state index < -0.39 is 0 Å². The number of amides is 1. The van der Waals surface area contributed by atoms with Gasteiger partial charge < -0.3 is 10.2 Å². The number of fused-ring (bicyclic) bond motifs is 2. The summed E-state index contributed by atoms with van der Waals surface area (Å²) >= 11 is 7.32. The van der Waals surface area contributed by atoms with E-state index >= 15 is 0 Å². The largest absolute Gasteiger partial charge is 0.346 e. The fraction of sp³-hybridized carbons (Fsp3) is 0.375. The van der Waals surface area contributed by atoms with Crippen molar-refractivity contribution < 1.29 is 4.79 Å². The van der Waals surface area contributed by atoms with Crippen molar-refractivity contribution in [3.8, 4) is 10.4 Å². The Balaban J connectivity index is 1.46. The normalized spacial score (nSPS) is 26.3. The zero-order valence-electron chi connectivity index (χ0n) is 12.0. The van der Waals surface area contributed by atoms with Crippen LogP contribution in [0.4, 0.5) is 0 Å². The second kappa shape index (κ2) is 5.65. The molecule has 2 aliphatic rings. The zero-order valence-corrected chi connectivity index (χ0v) is 13.5. The molecule has 2 unspecified atom stereocenters. The summed E-state index contributed by atoms with van der Waals surface area (Å²) in [5, 5.41) is 4.38. The Morgan fingerprint density at radius 3 is 2.82 bits per heavy atom. The topological polar surface area (TPSA) is 45.2 Å². The minimum Gasteiger partial charge on any atom is -0.346 e. The van der Waals surface area contributed by atoms with Gasteiger partial charge in [0.25, 0.3) is 5.91 Å². The van der Waals surface area contributed by atoms with E-state index in [1.165, 1.54) is 24.3 Å². The molecule has 2 fully saturated rings. The van der Waals surface area contributed by atoms with Crippen molar-refractivity contribution in [2.75, 3.05) is 19.6 Å². The average molecular weight is 334 g/mol. The number of halogens is 1. The first-order valence-corrected chi connectivity index (χ1v) is 8.63. The van der Waals surface area contributed by atoms with Crippen LogP contribution in [0.2, 0.25) is 5.02 Å². The summed E-state index contributed by atoms with van der Waals surface area (Å²) in [4.78, 5) is 20.0. The Bertz CT molecular complexity index is 700. The molecule has 1 aromatic heterocycles. The van der Waals surface area contributed by atoms with Crippen LogP contribution in [0.3, 0.4) is 0 Å². The summed E-state index contributed by atoms with van der Waals surface area (Å²) in [6.07, 6.45) is 2.95. The van der Waals surface area contributed by atoms with Gasteiger partial charge in [-0.05, 0) is 36.6 Å². The highest BCUT2D eigenvalue weighted by Gasteiger charge is 2.38. The average Bonchev–Trinajstić information content (AvgIpc) is 3.24. The Kier molecular flexibility index (Phi) is 3.64. The van der Waals surface area contributed by atoms with Crippen molar-refractivity contribution in [1.29, 1.82) is 0 Å². The lowest BCUT2D eigenvalue weighted by Crippen LogP contribution is -2.43. The van der Waals surface area contributed by atoms with Crippen LogP contribution >= 0.6 is 22.9 Å². The lowest BCUT2D eigenvalue weighted by molar-refractivity contribution is 0.0924. The first-order valence-electron chi connectivity index (χ1n) is 7.44. The summed E-state index contributed by atoms with van der Waals surface area (Å²) in [7, 11) is 0. The van der Waals surface area contributed by atoms with Gasteiger partial charge in [-0.25, -0.2) is 4.98 Å². The van der Waals surface area contributed by atoms with Crippen LogP contribution in [0.15, 0.2) is 30.5 Å². The Morgan fingerprint density at radius 1 is 1.32 bits per heavy atom. The molecule has 0 radical (unpaired) electrons. The van der Waals surface area contributed by atoms with E-state index in [2.05, 4.69) is 15.2 Å². The number of benzene rings is 1. The third-order valence-corrected chi connectivity index (χ3v) is 5.78. The molecule has 1 amide bonds. The number of aromatic nitrogens is 1. The lowest BCUT2D eigenvalue weighted by Gasteiger charge is -2.22. The fourth-order valence-electron chi connectivity index (χ4n) is 3.30. The summed E-state index contributed by atoms with van der Waals surface area (Å²) in [6, 6.07) is 7.87. The van der Waals surface area contributed by atoms with Gasteiger partial charge in [-0.1, -0.05) is 23.7 Å². The predicted molar refractivity (Wildman–Crippen MR) is 88.4 cm³/mol. The molecule has 1 N–H and O–H groups in total. The molecule has 3 heterocycles. The molecule has 0 spiro atoms. The number of nitrogens with zero attached hydrogens (tertiary/aromatic N) is 2. The van der Waals surface area contributed by atoms with E-state index in [-0.39, 0.29) is 11.9 Å². The number of nitrogens with one attached hydrogen (secondary N) is 1. The molecule has 3 atom stereocenters. The van der Waals surface area contributed by atoms with Crippen LogP contribution in [-0.2, 0) is 0 Å². The Morgan fingerprint density at radius 2 is 2.14 bits per heavy atom. The van der Waals surface area contributed by atoms with Crippen LogP contribution in [0.25, 0.3) is 10.4 Å². The number of carbonyl (C=O) groups is 1. The predicted octanol–water partition coefficient (Wildman–Crippen LogP) is 2.90. The highest BCUT2D eigenvalue weighted by molar-refractivity contribution is 7.16. The number of piperidine rings is 1. The van der Waals surface area contributed by atoms with Gasteiger partial charge in [-0.2, -0.15) is 0 Å². The highest BCUT2D eigenvalue weighted by atomic mass is 35.5. The molecule has 2 aromatic rings. The van der Waals surface area contributed by atoms with Crippen molar-refractivity contribution in [2.24, 2.45) is 5.92 Å². The minimum absolute atomic E-state index is 0.0519. The number of hydrogen-bond acceptors (Lipinski definition) is 4. The van der Waals surface area contributed by atoms with E-state index in [9.17, 15) is 4.79 Å². The SMILES string of the molecule is O=C(NC1CN2CC[C@H]1C2)c1ncc(-c2ccc(Cl)cc2)s1. The van der Waals surface area contributed by atoms with Crippen molar-refractivity contribution in [3.63, 3.8) is 0 Å². The van der Waals surface area contributed by atoms with Gasteiger partial charge in [-0.3, -0.25) is 4.79 Å². The van der Waals surface area contributed by atoms with Crippen LogP contribution in [-0.4, -0.2) is 41.5 Å². The third-order valence-electron chi connectivity index (χ3n) is 4.48. The fourth-order valence-corrected chi connectivity index (χ4v) is 4.26. The molecule has 4 nitrogen and oxygen atoms in total. The summed E-state index contributed by atoms with van der Waals surface area (Å²) in [5.41, 5.74) is 1.03. The van der Waals surface area contributed by atoms with Crippen LogP contribution in [0, 0.1) is 5.92 Å². The molecule has 1 aromatic carbocycles. The molecule has 0 saturated carbocycles. The maximum absolute atomic E-state index is 12.4. The molecular weight excluding hydrogens is 318 g/mol. The van der Waals surface area contributed by atoms with Gasteiger partial charge in [0.15, 0.2) is 5.01 Å². The molecule has 0 aliphatic carbocycles. The first kappa shape index (κ1) is 14.2. The van der Waals surface area contributed by atoms with E-state index in [4.69, 9.17) is 11.6 Å². The first-order chi connectivity index (χ1) is 10.7. The van der Waals surface area contributed by atoms with Crippen molar-refractivity contribution in [2.45, 2.75) is 12.5 Å². The number of thiazole rings is 1. The summed E-state index contributed by atoms with van der Waals surface area (Å²) < 4.78 is 0. The number of hydrogen-bond donors (Lipinski definition) is 1. The third kappa shape index (κ3) is 2.64. The van der Waals surface area contributed by atoms with E-state index in [1.54, 1.807) is 6.20 Å². The molecule has 6 heteroatoms. The van der Waals surface area contributed by atoms with Crippen molar-refractivity contribution >= 4 is 28.8 Å². The smallest absolute Gasteiger partial charge is 0.280 e. The maximum Gasteiger partial charge on any atom is 0.280 e. The zero-order chi connectivity index (χ0) is 15.1.